The van der Waals surface area contributed by atoms with Crippen LogP contribution in [0.25, 0.3) is 11.0 Å². The van der Waals surface area contributed by atoms with Gasteiger partial charge in [-0.2, -0.15) is 0 Å². The highest BCUT2D eigenvalue weighted by molar-refractivity contribution is 5.97. The van der Waals surface area contributed by atoms with Gasteiger partial charge in [0.2, 0.25) is 17.6 Å². The van der Waals surface area contributed by atoms with E-state index in [-0.39, 0.29) is 24.0 Å². The number of carboxylic acids is 1. The van der Waals surface area contributed by atoms with Gasteiger partial charge >= 0.3 is 12.1 Å². The van der Waals surface area contributed by atoms with Crippen molar-refractivity contribution in [2.24, 2.45) is 17.6 Å². The maximum Gasteiger partial charge on any atom is 0.407 e. The summed E-state index contributed by atoms with van der Waals surface area (Å²) in [5, 5.41) is 13.3. The number of carbonyl (C=O) groups is 4. The van der Waals surface area contributed by atoms with E-state index in [1.807, 2.05) is 30.3 Å². The molecule has 2 fully saturated rings. The Morgan fingerprint density at radius 3 is 2.29 bits per heavy atom. The van der Waals surface area contributed by atoms with E-state index in [1.54, 1.807) is 45.0 Å². The summed E-state index contributed by atoms with van der Waals surface area (Å²) in [6.07, 6.45) is 1.32. The number of hydrogen-bond donors (Lipinski definition) is 3. The Kier molecular flexibility index (Phi) is 9.18. The van der Waals surface area contributed by atoms with Crippen LogP contribution in [0.3, 0.4) is 0 Å². The largest absolute Gasteiger partial charge is 0.475 e. The van der Waals surface area contributed by atoms with Gasteiger partial charge in [-0.05, 0) is 70.4 Å². The molecule has 1 saturated heterocycles. The molecule has 2 aliphatic rings. The predicted octanol–water partition coefficient (Wildman–Crippen LogP) is 5.71. The number of alkyl carbamates (subject to hydrolysis) is 1. The van der Waals surface area contributed by atoms with Crippen molar-refractivity contribution in [1.29, 1.82) is 0 Å². The van der Waals surface area contributed by atoms with Gasteiger partial charge < -0.3 is 30.2 Å². The summed E-state index contributed by atoms with van der Waals surface area (Å²) in [5.74, 6) is -3.73. The van der Waals surface area contributed by atoms with Gasteiger partial charge in [0, 0.05) is 22.8 Å². The quantitative estimate of drug-likeness (QED) is 0.291. The molecule has 1 aromatic heterocycles. The Morgan fingerprint density at radius 1 is 1.04 bits per heavy atom. The zero-order valence-corrected chi connectivity index (χ0v) is 25.7. The van der Waals surface area contributed by atoms with E-state index in [0.717, 1.165) is 5.56 Å². The molecule has 4 atom stereocenters. The number of rotatable bonds is 8. The molecule has 1 aliphatic heterocycles. The molecular weight excluding hydrogens is 581 g/mol. The summed E-state index contributed by atoms with van der Waals surface area (Å²) in [6.45, 7) is 4.41. The van der Waals surface area contributed by atoms with Crippen molar-refractivity contribution >= 4 is 34.8 Å². The number of benzene rings is 2. The van der Waals surface area contributed by atoms with Crippen molar-refractivity contribution in [3.63, 3.8) is 0 Å². The highest BCUT2D eigenvalue weighted by atomic mass is 19.1. The molecule has 3 amide bonds. The van der Waals surface area contributed by atoms with Gasteiger partial charge in [-0.25, -0.2) is 14.0 Å². The second kappa shape index (κ2) is 12.9. The molecule has 0 spiro atoms. The second-order valence-corrected chi connectivity index (χ2v) is 13.0. The number of nitrogens with zero attached hydrogens (tertiary/aromatic N) is 1. The van der Waals surface area contributed by atoms with E-state index >= 15 is 0 Å². The number of alkyl halides is 1. The number of carboxylic acid groups (broad SMARTS) is 1. The van der Waals surface area contributed by atoms with Gasteiger partial charge in [0.25, 0.3) is 0 Å². The molecule has 5 rings (SSSR count). The van der Waals surface area contributed by atoms with Crippen LogP contribution in [-0.2, 0) is 14.3 Å². The lowest BCUT2D eigenvalue weighted by Crippen LogP contribution is -2.50. The number of aromatic carboxylic acids is 1. The molecule has 1 aliphatic carbocycles. The second-order valence-electron chi connectivity index (χ2n) is 13.0. The molecule has 10 nitrogen and oxygen atoms in total. The molecule has 0 bridgehead atoms. The van der Waals surface area contributed by atoms with E-state index in [1.165, 1.54) is 4.90 Å². The molecule has 240 valence electrons. The van der Waals surface area contributed by atoms with Gasteiger partial charge in [0.15, 0.2) is 0 Å². The third-order valence-corrected chi connectivity index (χ3v) is 8.99. The lowest BCUT2D eigenvalue weighted by atomic mass is 9.78. The number of halogens is 1. The number of likely N-dealkylation sites (tertiary alicyclic amines) is 1. The smallest absolute Gasteiger partial charge is 0.407 e. The van der Waals surface area contributed by atoms with Crippen LogP contribution in [0.5, 0.6) is 0 Å². The Labute approximate surface area is 261 Å². The van der Waals surface area contributed by atoms with E-state index in [0.29, 0.717) is 42.2 Å². The van der Waals surface area contributed by atoms with Crippen molar-refractivity contribution in [3.8, 4) is 0 Å². The molecular formula is C34H40FN3O7. The topological polar surface area (TPSA) is 152 Å². The van der Waals surface area contributed by atoms with Crippen molar-refractivity contribution in [1.82, 2.24) is 10.2 Å². The summed E-state index contributed by atoms with van der Waals surface area (Å²) in [5.41, 5.74) is 6.81. The molecule has 1 saturated carbocycles. The van der Waals surface area contributed by atoms with Crippen LogP contribution >= 0.6 is 0 Å². The van der Waals surface area contributed by atoms with E-state index in [2.05, 4.69) is 5.32 Å². The number of ether oxygens (including phenoxy) is 1. The zero-order valence-electron chi connectivity index (χ0n) is 25.7. The third kappa shape index (κ3) is 6.67. The number of primary amides is 1. The highest BCUT2D eigenvalue weighted by Crippen LogP contribution is 2.50. The fraction of sp³-hybridized carbons (Fsp3) is 0.471. The number of para-hydroxylation sites is 1. The van der Waals surface area contributed by atoms with Gasteiger partial charge in [-0.3, -0.25) is 9.59 Å². The Morgan fingerprint density at radius 2 is 1.69 bits per heavy atom. The monoisotopic (exact) mass is 621 g/mol. The molecule has 3 aromatic rings. The lowest BCUT2D eigenvalue weighted by Gasteiger charge is -2.37. The van der Waals surface area contributed by atoms with Crippen molar-refractivity contribution < 1.29 is 37.8 Å². The standard InChI is InChI=1S/C34H40FN3O7/c1-34(2,3)45-33(43)37-24(18-35)20-13-15-21(16-14-20)31(40)38-25(17-23(28(38)30(36)39)19-9-5-4-6-10-19)27-22-11-7-8-12-26(22)44-29(27)32(41)42/h4-12,20-21,23-25,28H,13-18H2,1-3H3,(H2,36,39)(H,37,43)(H,41,42)/t20-,21-,23-,24+,25?,28-/m0/s1. The number of carbonyl (C=O) groups excluding carboxylic acids is 3. The van der Waals surface area contributed by atoms with Crippen LogP contribution in [0.15, 0.2) is 59.0 Å². The summed E-state index contributed by atoms with van der Waals surface area (Å²) in [6, 6.07) is 13.6. The highest BCUT2D eigenvalue weighted by Gasteiger charge is 2.51. The van der Waals surface area contributed by atoms with Crippen LogP contribution in [-0.4, -0.2) is 58.2 Å². The van der Waals surface area contributed by atoms with Crippen molar-refractivity contribution in [3.05, 3.63) is 71.5 Å². The minimum Gasteiger partial charge on any atom is -0.475 e. The van der Waals surface area contributed by atoms with E-state index in [9.17, 15) is 28.7 Å². The summed E-state index contributed by atoms with van der Waals surface area (Å²) in [7, 11) is 0. The summed E-state index contributed by atoms with van der Waals surface area (Å²) < 4.78 is 25.1. The number of nitrogens with two attached hydrogens (primary N) is 1. The SMILES string of the molecule is CC(C)(C)OC(=O)N[C@H](CF)[C@H]1CC[C@H](C(=O)N2C(c3c(C(=O)O)oc4ccccc34)C[C@@H](c3ccccc3)[C@H]2C(N)=O)CC1. The number of furan rings is 1. The average Bonchev–Trinajstić information content (AvgIpc) is 3.59. The maximum atomic E-state index is 14.5. The first kappa shape index (κ1) is 32.0. The van der Waals surface area contributed by atoms with Crippen LogP contribution < -0.4 is 11.1 Å². The van der Waals surface area contributed by atoms with Gasteiger partial charge in [0.05, 0.1) is 12.1 Å². The minimum absolute atomic E-state index is 0.207. The van der Waals surface area contributed by atoms with Gasteiger partial charge in [-0.15, -0.1) is 0 Å². The number of nitrogens with one attached hydrogen (secondary N) is 1. The van der Waals surface area contributed by atoms with Crippen molar-refractivity contribution in [2.75, 3.05) is 6.67 Å². The minimum atomic E-state index is -1.28. The average molecular weight is 622 g/mol. The van der Waals surface area contributed by atoms with Crippen molar-refractivity contribution in [2.45, 2.75) is 82.5 Å². The molecule has 1 unspecified atom stereocenters. The van der Waals surface area contributed by atoms with Crippen LogP contribution in [0.4, 0.5) is 9.18 Å². The third-order valence-electron chi connectivity index (χ3n) is 8.99. The first-order chi connectivity index (χ1) is 21.4. The normalized spacial score (nSPS) is 24.3. The van der Waals surface area contributed by atoms with Gasteiger partial charge in [0.1, 0.15) is 23.9 Å². The fourth-order valence-corrected chi connectivity index (χ4v) is 7.05. The molecule has 2 heterocycles. The Balaban J connectivity index is 1.46. The molecule has 2 aromatic carbocycles. The van der Waals surface area contributed by atoms with Crippen LogP contribution in [0.1, 0.15) is 86.5 Å². The van der Waals surface area contributed by atoms with E-state index in [4.69, 9.17) is 14.9 Å². The Hall–Kier alpha value is -4.41. The lowest BCUT2D eigenvalue weighted by molar-refractivity contribution is -0.144. The molecule has 11 heteroatoms. The molecule has 45 heavy (non-hydrogen) atoms. The van der Waals surface area contributed by atoms with Crippen LogP contribution in [0, 0.1) is 11.8 Å². The maximum absolute atomic E-state index is 14.5. The number of fused-ring (bicyclic) bond motifs is 1. The first-order valence-corrected chi connectivity index (χ1v) is 15.4. The number of hydrogen-bond acceptors (Lipinski definition) is 6. The first-order valence-electron chi connectivity index (χ1n) is 15.4. The van der Waals surface area contributed by atoms with E-state index < -0.39 is 60.2 Å². The molecule has 4 N–H and O–H groups in total. The van der Waals surface area contributed by atoms with Crippen LogP contribution in [0.2, 0.25) is 0 Å². The molecule has 0 radical (unpaired) electrons. The van der Waals surface area contributed by atoms with Gasteiger partial charge in [-0.1, -0.05) is 48.5 Å². The Bertz CT molecular complexity index is 1560. The fourth-order valence-electron chi connectivity index (χ4n) is 7.05. The summed E-state index contributed by atoms with van der Waals surface area (Å²) in [4.78, 5) is 53.9. The predicted molar refractivity (Wildman–Crippen MR) is 164 cm³/mol. The summed E-state index contributed by atoms with van der Waals surface area (Å²) >= 11 is 0. The zero-order chi connectivity index (χ0) is 32.5. The number of amides is 3.